The second-order valence-electron chi connectivity index (χ2n) is 15.0. The van der Waals surface area contributed by atoms with Gasteiger partial charge in [-0.15, -0.1) is 0 Å². The topological polar surface area (TPSA) is 51.6 Å². The van der Waals surface area contributed by atoms with Gasteiger partial charge in [0.15, 0.2) is 17.5 Å². The molecule has 0 spiro atoms. The van der Waals surface area contributed by atoms with Crippen molar-refractivity contribution >= 4 is 32.4 Å². The third-order valence-corrected chi connectivity index (χ3v) is 11.3. The van der Waals surface area contributed by atoms with Crippen molar-refractivity contribution in [2.24, 2.45) is 0 Å². The minimum atomic E-state index is 0.629. The number of hydrogen-bond acceptors (Lipinski definition) is 4. The summed E-state index contributed by atoms with van der Waals surface area (Å²) in [5, 5.41) is 5.89. The van der Waals surface area contributed by atoms with Gasteiger partial charge < -0.3 is 0 Å². The maximum Gasteiger partial charge on any atom is 0.164 e. The average Bonchev–Trinajstić information content (AvgIpc) is 3.34. The SMILES string of the molecule is c1ccc(-c2ccc(-c3nc(-c4ccccc4)nc(-c4cccc(-c5ccc(-c6cccc(-c7nc8c9ccccc9ccc8c8ccccc78)c6)cc5)c4)n3)cc2)cc1. The molecule has 4 nitrogen and oxygen atoms in total. The summed E-state index contributed by atoms with van der Waals surface area (Å²) < 4.78 is 0. The quantitative estimate of drug-likeness (QED) is 0.152. The first-order chi connectivity index (χ1) is 29.7. The molecule has 280 valence electrons. The van der Waals surface area contributed by atoms with Crippen LogP contribution in [0, 0.1) is 0 Å². The molecule has 0 radical (unpaired) electrons. The fourth-order valence-electron chi connectivity index (χ4n) is 8.24. The van der Waals surface area contributed by atoms with Crippen molar-refractivity contribution in [1.82, 2.24) is 19.9 Å². The summed E-state index contributed by atoms with van der Waals surface area (Å²) in [6, 6.07) is 76.5. The molecule has 4 heteroatoms. The minimum Gasteiger partial charge on any atom is -0.246 e. The molecular formula is C56H36N4. The number of aromatic nitrogens is 4. The molecule has 60 heavy (non-hydrogen) atoms. The molecule has 2 heterocycles. The Morgan fingerprint density at radius 3 is 1.28 bits per heavy atom. The monoisotopic (exact) mass is 764 g/mol. The summed E-state index contributed by atoms with van der Waals surface area (Å²) in [4.78, 5) is 20.4. The Kier molecular flexibility index (Phi) is 8.79. The summed E-state index contributed by atoms with van der Waals surface area (Å²) in [5.41, 5.74) is 12.7. The molecule has 9 aromatic carbocycles. The van der Waals surface area contributed by atoms with Crippen LogP contribution >= 0.6 is 0 Å². The maximum absolute atomic E-state index is 5.37. The molecule has 0 N–H and O–H groups in total. The second-order valence-corrected chi connectivity index (χ2v) is 15.0. The minimum absolute atomic E-state index is 0.629. The molecule has 0 amide bonds. The number of pyridine rings is 1. The van der Waals surface area contributed by atoms with Gasteiger partial charge in [0.1, 0.15) is 0 Å². The van der Waals surface area contributed by atoms with Crippen LogP contribution in [0.15, 0.2) is 218 Å². The average molecular weight is 765 g/mol. The normalized spacial score (nSPS) is 11.3. The first-order valence-corrected chi connectivity index (χ1v) is 20.2. The van der Waals surface area contributed by atoms with E-state index in [2.05, 4.69) is 182 Å². The molecule has 0 fully saturated rings. The molecule has 0 saturated carbocycles. The first kappa shape index (κ1) is 35.1. The van der Waals surface area contributed by atoms with Gasteiger partial charge in [0, 0.05) is 38.4 Å². The Morgan fingerprint density at radius 1 is 0.217 bits per heavy atom. The van der Waals surface area contributed by atoms with Crippen LogP contribution in [0.5, 0.6) is 0 Å². The summed E-state index contributed by atoms with van der Waals surface area (Å²) in [6.45, 7) is 0. The maximum atomic E-state index is 5.37. The highest BCUT2D eigenvalue weighted by Crippen LogP contribution is 2.37. The summed E-state index contributed by atoms with van der Waals surface area (Å²) in [6.07, 6.45) is 0. The van der Waals surface area contributed by atoms with E-state index in [1.807, 2.05) is 36.4 Å². The highest BCUT2D eigenvalue weighted by atomic mass is 15.0. The van der Waals surface area contributed by atoms with Gasteiger partial charge in [0.2, 0.25) is 0 Å². The summed E-state index contributed by atoms with van der Waals surface area (Å²) in [7, 11) is 0. The van der Waals surface area contributed by atoms with E-state index >= 15 is 0 Å². The van der Waals surface area contributed by atoms with Crippen molar-refractivity contribution in [3.8, 4) is 78.8 Å². The highest BCUT2D eigenvalue weighted by molar-refractivity contribution is 6.18. The van der Waals surface area contributed by atoms with Crippen LogP contribution < -0.4 is 0 Å². The molecule has 0 bridgehead atoms. The summed E-state index contributed by atoms with van der Waals surface area (Å²) in [5.74, 6) is 1.90. The highest BCUT2D eigenvalue weighted by Gasteiger charge is 2.15. The lowest BCUT2D eigenvalue weighted by Gasteiger charge is -2.13. The molecule has 11 rings (SSSR count). The van der Waals surface area contributed by atoms with E-state index in [-0.39, 0.29) is 0 Å². The van der Waals surface area contributed by atoms with Crippen LogP contribution in [-0.4, -0.2) is 19.9 Å². The van der Waals surface area contributed by atoms with Crippen LogP contribution in [0.4, 0.5) is 0 Å². The van der Waals surface area contributed by atoms with Crippen molar-refractivity contribution in [2.45, 2.75) is 0 Å². The number of hydrogen-bond donors (Lipinski definition) is 0. The zero-order valence-electron chi connectivity index (χ0n) is 32.6. The van der Waals surface area contributed by atoms with Gasteiger partial charge in [-0.25, -0.2) is 19.9 Å². The van der Waals surface area contributed by atoms with Gasteiger partial charge >= 0.3 is 0 Å². The Labute approximate surface area is 348 Å². The number of nitrogens with zero attached hydrogens (tertiary/aromatic N) is 4. The molecule has 0 atom stereocenters. The van der Waals surface area contributed by atoms with Crippen molar-refractivity contribution < 1.29 is 0 Å². The lowest BCUT2D eigenvalue weighted by molar-refractivity contribution is 1.07. The molecule has 0 saturated heterocycles. The van der Waals surface area contributed by atoms with E-state index in [4.69, 9.17) is 19.9 Å². The lowest BCUT2D eigenvalue weighted by atomic mass is 9.95. The standard InChI is InChI=1S/C56H36N4/c1-3-13-37(14-4-1)38-29-31-43(32-30-38)55-58-54(42-16-5-2-6-17-42)59-56(60-55)47-21-12-19-45(36-47)40-27-25-39(26-28-40)44-18-11-20-46(35-44)52-50-24-10-9-23-49(50)51-34-33-41-15-7-8-22-48(41)53(51)57-52/h1-36H. The fourth-order valence-corrected chi connectivity index (χ4v) is 8.24. The van der Waals surface area contributed by atoms with E-state index in [1.165, 1.54) is 27.1 Å². The third-order valence-electron chi connectivity index (χ3n) is 11.3. The van der Waals surface area contributed by atoms with Gasteiger partial charge in [-0.2, -0.15) is 0 Å². The van der Waals surface area contributed by atoms with Gasteiger partial charge in [-0.1, -0.05) is 206 Å². The number of fused-ring (bicyclic) bond motifs is 5. The molecule has 2 aromatic heterocycles. The Hall–Kier alpha value is -8.08. The Balaban J connectivity index is 0.930. The predicted molar refractivity (Wildman–Crippen MR) is 248 cm³/mol. The second kappa shape index (κ2) is 15.0. The van der Waals surface area contributed by atoms with Gasteiger partial charge in [0.05, 0.1) is 11.2 Å². The smallest absolute Gasteiger partial charge is 0.164 e. The first-order valence-electron chi connectivity index (χ1n) is 20.2. The Morgan fingerprint density at radius 2 is 0.633 bits per heavy atom. The van der Waals surface area contributed by atoms with Crippen LogP contribution in [-0.2, 0) is 0 Å². The molecule has 0 aliphatic carbocycles. The molecule has 0 unspecified atom stereocenters. The van der Waals surface area contributed by atoms with E-state index in [0.29, 0.717) is 17.5 Å². The Bertz CT molecular complexity index is 3340. The van der Waals surface area contributed by atoms with Crippen molar-refractivity contribution in [3.63, 3.8) is 0 Å². The lowest BCUT2D eigenvalue weighted by Crippen LogP contribution is -2.00. The summed E-state index contributed by atoms with van der Waals surface area (Å²) >= 11 is 0. The van der Waals surface area contributed by atoms with Gasteiger partial charge in [-0.3, -0.25) is 0 Å². The van der Waals surface area contributed by atoms with Crippen LogP contribution in [0.25, 0.3) is 111 Å². The zero-order valence-corrected chi connectivity index (χ0v) is 32.6. The largest absolute Gasteiger partial charge is 0.246 e. The van der Waals surface area contributed by atoms with E-state index < -0.39 is 0 Å². The molecular weight excluding hydrogens is 729 g/mol. The predicted octanol–water partition coefficient (Wildman–Crippen LogP) is 14.4. The van der Waals surface area contributed by atoms with E-state index in [9.17, 15) is 0 Å². The van der Waals surface area contributed by atoms with Crippen LogP contribution in [0.2, 0.25) is 0 Å². The van der Waals surface area contributed by atoms with Crippen LogP contribution in [0.3, 0.4) is 0 Å². The van der Waals surface area contributed by atoms with Crippen molar-refractivity contribution in [3.05, 3.63) is 218 Å². The van der Waals surface area contributed by atoms with Crippen LogP contribution in [0.1, 0.15) is 0 Å². The van der Waals surface area contributed by atoms with Crippen molar-refractivity contribution in [1.29, 1.82) is 0 Å². The van der Waals surface area contributed by atoms with Gasteiger partial charge in [-0.05, 0) is 56.3 Å². The third kappa shape index (κ3) is 6.56. The van der Waals surface area contributed by atoms with E-state index in [0.717, 1.165) is 66.7 Å². The number of benzene rings is 9. The number of rotatable bonds is 7. The van der Waals surface area contributed by atoms with Crippen molar-refractivity contribution in [2.75, 3.05) is 0 Å². The molecule has 0 aliphatic heterocycles. The zero-order chi connectivity index (χ0) is 39.8. The van der Waals surface area contributed by atoms with Gasteiger partial charge in [0.25, 0.3) is 0 Å². The fraction of sp³-hybridized carbons (Fsp3) is 0. The molecule has 11 aromatic rings. The molecule has 0 aliphatic rings. The van der Waals surface area contributed by atoms with E-state index in [1.54, 1.807) is 0 Å².